The van der Waals surface area contributed by atoms with Crippen molar-refractivity contribution in [3.8, 4) is 0 Å². The van der Waals surface area contributed by atoms with Gasteiger partial charge in [-0.2, -0.15) is 0 Å². The first-order valence-electron chi connectivity index (χ1n) is 15.1. The quantitative estimate of drug-likeness (QED) is 0.0887. The Morgan fingerprint density at radius 2 is 0.318 bits per heavy atom. The topological polar surface area (TPSA) is 241 Å². The standard InChI is InChI=1S/3C10H18O4.2Ce/c3*11-9(12)7-5-3-1-2-4-6-8-10(13)14;;/h3*1-8H2,(H,11,12)(H,13,14);;/q;;;2*+3/p-6. The van der Waals surface area contributed by atoms with E-state index in [4.69, 9.17) is 0 Å². The van der Waals surface area contributed by atoms with Crippen molar-refractivity contribution in [2.24, 2.45) is 0 Å². The first kappa shape index (κ1) is 53.1. The summed E-state index contributed by atoms with van der Waals surface area (Å²) in [6.45, 7) is 0. The van der Waals surface area contributed by atoms with Gasteiger partial charge in [0.1, 0.15) is 0 Å². The minimum absolute atomic E-state index is 0. The minimum Gasteiger partial charge on any atom is -0.550 e. The molecular weight excluding hydrogens is 833 g/mol. The first-order chi connectivity index (χ1) is 19.9. The van der Waals surface area contributed by atoms with Gasteiger partial charge in [-0.1, -0.05) is 77.0 Å². The van der Waals surface area contributed by atoms with Crippen LogP contribution in [0.2, 0.25) is 0 Å². The fourth-order valence-corrected chi connectivity index (χ4v) is 3.74. The van der Waals surface area contributed by atoms with E-state index >= 15 is 0 Å². The Balaban J connectivity index is -0.000000169. The molecule has 0 saturated carbocycles. The van der Waals surface area contributed by atoms with Crippen molar-refractivity contribution in [2.45, 2.75) is 154 Å². The number of unbranched alkanes of at least 4 members (excludes halogenated alkanes) is 15. The first-order valence-corrected chi connectivity index (χ1v) is 15.1. The summed E-state index contributed by atoms with van der Waals surface area (Å²) in [5, 5.41) is 60.2. The summed E-state index contributed by atoms with van der Waals surface area (Å²) in [6.07, 6.45) is 15.7. The van der Waals surface area contributed by atoms with Crippen LogP contribution in [0.15, 0.2) is 0 Å². The Kier molecular flexibility index (Phi) is 51.4. The van der Waals surface area contributed by atoms with Crippen LogP contribution in [0.1, 0.15) is 154 Å². The number of carboxylic acid groups (broad SMARTS) is 6. The monoisotopic (exact) mass is 880 g/mol. The molecule has 0 rings (SSSR count). The van der Waals surface area contributed by atoms with Crippen molar-refractivity contribution >= 4 is 35.8 Å². The molecule has 0 saturated heterocycles. The van der Waals surface area contributed by atoms with Crippen molar-refractivity contribution in [1.82, 2.24) is 0 Å². The molecule has 0 bridgehead atoms. The molecule has 0 N–H and O–H groups in total. The molecule has 0 aromatic rings. The van der Waals surface area contributed by atoms with Gasteiger partial charge in [0.2, 0.25) is 0 Å². The number of rotatable bonds is 27. The van der Waals surface area contributed by atoms with E-state index in [-0.39, 0.29) is 122 Å². The van der Waals surface area contributed by atoms with Gasteiger partial charge in [-0.25, -0.2) is 0 Å². The molecule has 0 aromatic carbocycles. The van der Waals surface area contributed by atoms with Gasteiger partial charge in [0.15, 0.2) is 0 Å². The molecule has 0 amide bonds. The largest absolute Gasteiger partial charge is 3.00 e. The minimum atomic E-state index is -0.998. The van der Waals surface area contributed by atoms with Crippen LogP contribution in [0.4, 0.5) is 0 Å². The fraction of sp³-hybridized carbons (Fsp3) is 0.800. The van der Waals surface area contributed by atoms with E-state index in [0.29, 0.717) is 38.5 Å². The predicted octanol–water partition coefficient (Wildman–Crippen LogP) is -1.18. The van der Waals surface area contributed by atoms with Gasteiger partial charge < -0.3 is 59.4 Å². The molecule has 0 unspecified atom stereocenters. The second-order valence-electron chi connectivity index (χ2n) is 10.1. The van der Waals surface area contributed by atoms with Crippen LogP contribution < -0.4 is 30.6 Å². The van der Waals surface area contributed by atoms with E-state index in [2.05, 4.69) is 0 Å². The van der Waals surface area contributed by atoms with E-state index < -0.39 is 35.8 Å². The molecule has 12 nitrogen and oxygen atoms in total. The predicted molar refractivity (Wildman–Crippen MR) is 141 cm³/mol. The Bertz CT molecular complexity index is 578. The SMILES string of the molecule is O=C([O-])CCCCCCCCC(=O)[O-].O=C([O-])CCCCCCCCC(=O)[O-].O=C([O-])CCCCCCCCC(=O)[O-].[Ce+3].[Ce+3]. The van der Waals surface area contributed by atoms with Crippen molar-refractivity contribution in [3.63, 3.8) is 0 Å². The second kappa shape index (κ2) is 42.6. The van der Waals surface area contributed by atoms with Gasteiger partial charge in [0, 0.05) is 35.8 Å². The van der Waals surface area contributed by atoms with Crippen LogP contribution in [0.25, 0.3) is 0 Å². The maximum absolute atomic E-state index is 10.0. The zero-order valence-corrected chi connectivity index (χ0v) is 32.1. The van der Waals surface area contributed by atoms with Crippen molar-refractivity contribution in [3.05, 3.63) is 0 Å². The van der Waals surface area contributed by atoms with Crippen LogP contribution in [0.5, 0.6) is 0 Å². The van der Waals surface area contributed by atoms with E-state index in [1.54, 1.807) is 0 Å². The normalized spacial score (nSPS) is 9.55. The summed E-state index contributed by atoms with van der Waals surface area (Å²) in [5.41, 5.74) is 0. The molecule has 0 fully saturated rings. The van der Waals surface area contributed by atoms with E-state index in [1.165, 1.54) is 0 Å². The molecule has 0 spiro atoms. The molecule has 0 aliphatic rings. The number of carboxylic acids is 6. The number of hydrogen-bond donors (Lipinski definition) is 0. The summed E-state index contributed by atoms with van der Waals surface area (Å²) in [5.74, 6) is -5.99. The van der Waals surface area contributed by atoms with E-state index in [0.717, 1.165) is 77.0 Å². The molecule has 0 atom stereocenters. The molecule has 0 aliphatic heterocycles. The zero-order chi connectivity index (χ0) is 32.4. The van der Waals surface area contributed by atoms with Crippen LogP contribution in [-0.2, 0) is 28.8 Å². The van der Waals surface area contributed by atoms with Crippen LogP contribution >= 0.6 is 0 Å². The summed E-state index contributed by atoms with van der Waals surface area (Å²) in [4.78, 5) is 60.2. The molecule has 0 aromatic heterocycles. The van der Waals surface area contributed by atoms with E-state index in [1.807, 2.05) is 0 Å². The maximum Gasteiger partial charge on any atom is 3.00 e. The third-order valence-electron chi connectivity index (χ3n) is 6.04. The molecule has 14 heteroatoms. The van der Waals surface area contributed by atoms with Crippen LogP contribution in [0, 0.1) is 83.5 Å². The number of aliphatic carboxylic acids is 6. The Labute approximate surface area is 329 Å². The van der Waals surface area contributed by atoms with Gasteiger partial charge in [-0.15, -0.1) is 0 Å². The smallest absolute Gasteiger partial charge is 0.550 e. The Hall–Kier alpha value is -0.427. The second-order valence-corrected chi connectivity index (χ2v) is 10.1. The van der Waals surface area contributed by atoms with E-state index in [9.17, 15) is 59.4 Å². The van der Waals surface area contributed by atoms with Gasteiger partial charge >= 0.3 is 83.5 Å². The van der Waals surface area contributed by atoms with Crippen molar-refractivity contribution in [2.75, 3.05) is 0 Å². The summed E-state index contributed by atoms with van der Waals surface area (Å²) >= 11 is 0. The number of hydrogen-bond acceptors (Lipinski definition) is 12. The van der Waals surface area contributed by atoms with Crippen molar-refractivity contribution in [1.29, 1.82) is 0 Å². The molecule has 0 heterocycles. The van der Waals surface area contributed by atoms with Crippen molar-refractivity contribution < 1.29 is 143 Å². The molecule has 2 radical (unpaired) electrons. The summed E-state index contributed by atoms with van der Waals surface area (Å²) in [6, 6.07) is 0. The average Bonchev–Trinajstić information content (AvgIpc) is 2.88. The fourth-order valence-electron chi connectivity index (χ4n) is 3.74. The number of carbonyl (C=O) groups excluding carboxylic acids is 6. The number of carbonyl (C=O) groups is 6. The summed E-state index contributed by atoms with van der Waals surface area (Å²) < 4.78 is 0. The van der Waals surface area contributed by atoms with Gasteiger partial charge in [-0.3, -0.25) is 0 Å². The maximum atomic E-state index is 10.0. The molecular formula is C30H48Ce2O12. The van der Waals surface area contributed by atoms with Crippen LogP contribution in [0.3, 0.4) is 0 Å². The third kappa shape index (κ3) is 64.5. The van der Waals surface area contributed by atoms with Crippen LogP contribution in [-0.4, -0.2) is 35.8 Å². The van der Waals surface area contributed by atoms with Gasteiger partial charge in [0.25, 0.3) is 0 Å². The Morgan fingerprint density at radius 3 is 0.409 bits per heavy atom. The molecule has 0 aliphatic carbocycles. The van der Waals surface area contributed by atoms with Gasteiger partial charge in [-0.05, 0) is 77.0 Å². The molecule has 44 heavy (non-hydrogen) atoms. The third-order valence-corrected chi connectivity index (χ3v) is 6.04. The van der Waals surface area contributed by atoms with Gasteiger partial charge in [0.05, 0.1) is 0 Å². The summed E-state index contributed by atoms with van der Waals surface area (Å²) in [7, 11) is 0. The zero-order valence-electron chi connectivity index (χ0n) is 25.9. The average molecular weight is 881 g/mol. The molecule has 248 valence electrons. The Morgan fingerprint density at radius 1 is 0.227 bits per heavy atom.